The molecule has 0 aliphatic heterocycles. The Morgan fingerprint density at radius 1 is 0.871 bits per heavy atom. The van der Waals surface area contributed by atoms with Gasteiger partial charge in [-0.15, -0.1) is 0 Å². The number of esters is 1. The van der Waals surface area contributed by atoms with Crippen molar-refractivity contribution in [1.29, 1.82) is 0 Å². The fourth-order valence-electron chi connectivity index (χ4n) is 3.75. The van der Waals surface area contributed by atoms with Crippen LogP contribution in [0.25, 0.3) is 0 Å². The monoisotopic (exact) mass is 424 g/mol. The van der Waals surface area contributed by atoms with E-state index in [9.17, 15) is 19.5 Å². The van der Waals surface area contributed by atoms with Gasteiger partial charge in [-0.05, 0) is 42.4 Å². The van der Waals surface area contributed by atoms with Crippen molar-refractivity contribution in [2.75, 3.05) is 0 Å². The molecule has 0 bridgehead atoms. The van der Waals surface area contributed by atoms with E-state index in [2.05, 4.69) is 0 Å². The Morgan fingerprint density at radius 2 is 1.55 bits per heavy atom. The summed E-state index contributed by atoms with van der Waals surface area (Å²) < 4.78 is 5.39. The van der Waals surface area contributed by atoms with Crippen molar-refractivity contribution >= 4 is 18.2 Å². The second-order valence-electron chi connectivity index (χ2n) is 7.79. The highest BCUT2D eigenvalue weighted by Crippen LogP contribution is 2.30. The molecule has 1 unspecified atom stereocenters. The van der Waals surface area contributed by atoms with Crippen LogP contribution < -0.4 is 0 Å². The van der Waals surface area contributed by atoms with E-state index in [0.717, 1.165) is 55.9 Å². The number of carboxylic acids is 1. The van der Waals surface area contributed by atoms with E-state index in [1.807, 2.05) is 42.5 Å². The van der Waals surface area contributed by atoms with Gasteiger partial charge in [-0.1, -0.05) is 74.2 Å². The molecule has 2 aromatic rings. The molecule has 0 aliphatic rings. The van der Waals surface area contributed by atoms with Gasteiger partial charge in [-0.25, -0.2) is 4.79 Å². The number of ether oxygens (including phenoxy) is 1. The first-order chi connectivity index (χ1) is 15.1. The van der Waals surface area contributed by atoms with Crippen LogP contribution in [0.15, 0.2) is 54.6 Å². The molecule has 166 valence electrons. The summed E-state index contributed by atoms with van der Waals surface area (Å²) in [6.07, 6.45) is 8.19. The van der Waals surface area contributed by atoms with Crippen molar-refractivity contribution in [3.8, 4) is 0 Å². The maximum Gasteiger partial charge on any atom is 0.335 e. The smallest absolute Gasteiger partial charge is 0.335 e. The Kier molecular flexibility index (Phi) is 11.1. The largest absolute Gasteiger partial charge is 0.478 e. The molecular weight excluding hydrogens is 392 g/mol. The normalized spacial score (nSPS) is 11.6. The molecule has 0 spiro atoms. The van der Waals surface area contributed by atoms with Gasteiger partial charge in [0.2, 0.25) is 0 Å². The van der Waals surface area contributed by atoms with Gasteiger partial charge in [0.05, 0.1) is 5.56 Å². The number of aromatic carboxylic acids is 1. The van der Waals surface area contributed by atoms with Gasteiger partial charge >= 0.3 is 11.9 Å². The third-order valence-electron chi connectivity index (χ3n) is 5.45. The number of hydrogen-bond donors (Lipinski definition) is 1. The Bertz CT molecular complexity index is 816. The van der Waals surface area contributed by atoms with Crippen molar-refractivity contribution in [3.05, 3.63) is 71.3 Å². The van der Waals surface area contributed by atoms with E-state index in [-0.39, 0.29) is 24.9 Å². The number of rotatable bonds is 15. The standard InChI is InChI=1S/C26H32O5/c27-19-11-4-2-1-3-8-14-22(23-15-9-10-16-24(23)26(29)30)17-18-25(28)31-20-21-12-6-5-7-13-21/h5-7,9-10,12-13,15-16,19,22H,1-4,8,11,14,17-18,20H2,(H,29,30). The third-order valence-corrected chi connectivity index (χ3v) is 5.45. The van der Waals surface area contributed by atoms with Gasteiger partial charge < -0.3 is 14.6 Å². The second-order valence-corrected chi connectivity index (χ2v) is 7.79. The third kappa shape index (κ3) is 9.16. The predicted molar refractivity (Wildman–Crippen MR) is 120 cm³/mol. The lowest BCUT2D eigenvalue weighted by Crippen LogP contribution is -2.11. The molecule has 5 heteroatoms. The molecule has 0 fully saturated rings. The zero-order chi connectivity index (χ0) is 22.3. The van der Waals surface area contributed by atoms with Crippen LogP contribution in [0.4, 0.5) is 0 Å². The van der Waals surface area contributed by atoms with Crippen LogP contribution in [0.3, 0.4) is 0 Å². The number of carbonyl (C=O) groups is 3. The summed E-state index contributed by atoms with van der Waals surface area (Å²) in [5.74, 6) is -1.22. The maximum atomic E-state index is 12.3. The summed E-state index contributed by atoms with van der Waals surface area (Å²) in [5.41, 5.74) is 2.03. The lowest BCUT2D eigenvalue weighted by atomic mass is 9.86. The molecule has 0 saturated carbocycles. The molecular formula is C26H32O5. The van der Waals surface area contributed by atoms with Crippen molar-refractivity contribution in [1.82, 2.24) is 0 Å². The number of aldehydes is 1. The van der Waals surface area contributed by atoms with Gasteiger partial charge in [0.1, 0.15) is 12.9 Å². The quantitative estimate of drug-likeness (QED) is 0.218. The molecule has 2 aromatic carbocycles. The lowest BCUT2D eigenvalue weighted by Gasteiger charge is -2.19. The van der Waals surface area contributed by atoms with Gasteiger partial charge in [0.15, 0.2) is 0 Å². The minimum absolute atomic E-state index is 0.00782. The van der Waals surface area contributed by atoms with Crippen molar-refractivity contribution in [2.24, 2.45) is 0 Å². The summed E-state index contributed by atoms with van der Waals surface area (Å²) in [6, 6.07) is 16.6. The zero-order valence-electron chi connectivity index (χ0n) is 18.0. The van der Waals surface area contributed by atoms with E-state index in [1.54, 1.807) is 12.1 Å². The maximum absolute atomic E-state index is 12.3. The number of carboxylic acid groups (broad SMARTS) is 1. The highest BCUT2D eigenvalue weighted by atomic mass is 16.5. The van der Waals surface area contributed by atoms with Crippen molar-refractivity contribution < 1.29 is 24.2 Å². The van der Waals surface area contributed by atoms with Crippen LogP contribution in [0, 0.1) is 0 Å². The number of unbranched alkanes of at least 4 members (excludes halogenated alkanes) is 5. The first-order valence-electron chi connectivity index (χ1n) is 11.1. The summed E-state index contributed by atoms with van der Waals surface area (Å²) >= 11 is 0. The fraction of sp³-hybridized carbons (Fsp3) is 0.423. The zero-order valence-corrected chi connectivity index (χ0v) is 18.0. The fourth-order valence-corrected chi connectivity index (χ4v) is 3.75. The van der Waals surface area contributed by atoms with Crippen LogP contribution in [0.5, 0.6) is 0 Å². The van der Waals surface area contributed by atoms with E-state index < -0.39 is 5.97 Å². The first-order valence-corrected chi connectivity index (χ1v) is 11.1. The minimum Gasteiger partial charge on any atom is -0.478 e. The number of carbonyl (C=O) groups excluding carboxylic acids is 2. The summed E-state index contributed by atoms with van der Waals surface area (Å²) in [5, 5.41) is 9.57. The Morgan fingerprint density at radius 3 is 2.29 bits per heavy atom. The topological polar surface area (TPSA) is 80.7 Å². The molecule has 0 amide bonds. The average molecular weight is 425 g/mol. The minimum atomic E-state index is -0.943. The summed E-state index contributed by atoms with van der Waals surface area (Å²) in [7, 11) is 0. The Balaban J connectivity index is 1.91. The average Bonchev–Trinajstić information content (AvgIpc) is 2.79. The van der Waals surface area contributed by atoms with E-state index >= 15 is 0 Å². The Hall–Kier alpha value is -2.95. The van der Waals surface area contributed by atoms with Crippen LogP contribution in [-0.2, 0) is 20.9 Å². The molecule has 5 nitrogen and oxygen atoms in total. The molecule has 0 radical (unpaired) electrons. The predicted octanol–water partition coefficient (Wildman–Crippen LogP) is 5.92. The van der Waals surface area contributed by atoms with Crippen molar-refractivity contribution in [2.45, 2.75) is 70.3 Å². The van der Waals surface area contributed by atoms with E-state index in [4.69, 9.17) is 4.74 Å². The second kappa shape index (κ2) is 14.1. The lowest BCUT2D eigenvalue weighted by molar-refractivity contribution is -0.145. The number of hydrogen-bond acceptors (Lipinski definition) is 4. The van der Waals surface area contributed by atoms with Crippen LogP contribution in [0.2, 0.25) is 0 Å². The van der Waals surface area contributed by atoms with Crippen molar-refractivity contribution in [3.63, 3.8) is 0 Å². The molecule has 0 saturated heterocycles. The summed E-state index contributed by atoms with van der Waals surface area (Å²) in [6.45, 7) is 0.247. The van der Waals surface area contributed by atoms with Gasteiger partial charge in [-0.2, -0.15) is 0 Å². The van der Waals surface area contributed by atoms with Crippen LogP contribution in [0.1, 0.15) is 85.2 Å². The van der Waals surface area contributed by atoms with Crippen LogP contribution in [-0.4, -0.2) is 23.3 Å². The first kappa shape index (κ1) is 24.3. The molecule has 1 atom stereocenters. The highest BCUT2D eigenvalue weighted by molar-refractivity contribution is 5.89. The Labute approximate surface area is 184 Å². The van der Waals surface area contributed by atoms with Crippen LogP contribution >= 0.6 is 0 Å². The van der Waals surface area contributed by atoms with Gasteiger partial charge in [0, 0.05) is 12.8 Å². The highest BCUT2D eigenvalue weighted by Gasteiger charge is 2.20. The van der Waals surface area contributed by atoms with Gasteiger partial charge in [-0.3, -0.25) is 4.79 Å². The molecule has 0 heterocycles. The van der Waals surface area contributed by atoms with E-state index in [1.165, 1.54) is 0 Å². The molecule has 0 aromatic heterocycles. The van der Waals surface area contributed by atoms with Gasteiger partial charge in [0.25, 0.3) is 0 Å². The molecule has 0 aliphatic carbocycles. The molecule has 31 heavy (non-hydrogen) atoms. The summed E-state index contributed by atoms with van der Waals surface area (Å²) in [4.78, 5) is 34.4. The van der Waals surface area contributed by atoms with E-state index in [0.29, 0.717) is 18.4 Å². The number of benzene rings is 2. The SMILES string of the molecule is O=CCCCCCCCC(CCC(=O)OCc1ccccc1)c1ccccc1C(=O)O. The molecule has 2 rings (SSSR count). The molecule has 1 N–H and O–H groups in total.